The van der Waals surface area contributed by atoms with Crippen LogP contribution < -0.4 is 10.6 Å². The van der Waals surface area contributed by atoms with Crippen molar-refractivity contribution in [3.8, 4) is 0 Å². The minimum Gasteiger partial charge on any atom is -0.465 e. The number of carbonyl (C=O) groups excluding carboxylic acids is 2. The van der Waals surface area contributed by atoms with Crippen LogP contribution in [-0.2, 0) is 9.53 Å². The van der Waals surface area contributed by atoms with Gasteiger partial charge in [0, 0.05) is 6.42 Å². The molecule has 0 radical (unpaired) electrons. The lowest BCUT2D eigenvalue weighted by Gasteiger charge is -2.09. The van der Waals surface area contributed by atoms with Crippen LogP contribution in [0.25, 0.3) is 0 Å². The summed E-state index contributed by atoms with van der Waals surface area (Å²) in [6.45, 7) is 1.92. The lowest BCUT2D eigenvalue weighted by Crippen LogP contribution is -2.12. The molecule has 1 aromatic heterocycles. The van der Waals surface area contributed by atoms with E-state index >= 15 is 0 Å². The van der Waals surface area contributed by atoms with Crippen molar-refractivity contribution < 1.29 is 14.3 Å². The molecule has 0 saturated heterocycles. The van der Waals surface area contributed by atoms with Crippen LogP contribution in [0.2, 0.25) is 5.02 Å². The number of aromatic nitrogens is 2. The zero-order valence-electron chi connectivity index (χ0n) is 13.3. The van der Waals surface area contributed by atoms with Crippen molar-refractivity contribution in [2.75, 3.05) is 17.7 Å². The van der Waals surface area contributed by atoms with Gasteiger partial charge in [0.2, 0.25) is 5.91 Å². The first-order valence-electron chi connectivity index (χ1n) is 7.32. The van der Waals surface area contributed by atoms with E-state index in [9.17, 15) is 9.59 Å². The molecule has 2 aromatic rings. The largest absolute Gasteiger partial charge is 0.465 e. The predicted molar refractivity (Wildman–Crippen MR) is 91.6 cm³/mol. The number of methoxy groups -OCH3 is 1. The lowest BCUT2D eigenvalue weighted by atomic mass is 10.2. The Balaban J connectivity index is 2.11. The Morgan fingerprint density at radius 2 is 1.88 bits per heavy atom. The third-order valence-electron chi connectivity index (χ3n) is 3.06. The van der Waals surface area contributed by atoms with Crippen LogP contribution in [-0.4, -0.2) is 29.2 Å². The van der Waals surface area contributed by atoms with Gasteiger partial charge in [-0.1, -0.05) is 18.5 Å². The van der Waals surface area contributed by atoms with Gasteiger partial charge < -0.3 is 15.4 Å². The van der Waals surface area contributed by atoms with Crippen molar-refractivity contribution in [2.45, 2.75) is 19.8 Å². The fourth-order valence-corrected chi connectivity index (χ4v) is 2.07. The minimum atomic E-state index is -0.463. The number of nitrogens with one attached hydrogen (secondary N) is 2. The zero-order chi connectivity index (χ0) is 17.5. The number of carbonyl (C=O) groups is 2. The van der Waals surface area contributed by atoms with Crippen LogP contribution in [0.15, 0.2) is 30.3 Å². The predicted octanol–water partition coefficient (Wildman–Crippen LogP) is 3.40. The third kappa shape index (κ3) is 4.66. The summed E-state index contributed by atoms with van der Waals surface area (Å²) < 4.78 is 4.68. The average molecular weight is 349 g/mol. The Kier molecular flexibility index (Phi) is 6.08. The van der Waals surface area contributed by atoms with Crippen molar-refractivity contribution in [1.82, 2.24) is 10.2 Å². The van der Waals surface area contributed by atoms with Gasteiger partial charge in [0.25, 0.3) is 0 Å². The molecule has 7 nitrogen and oxygen atoms in total. The van der Waals surface area contributed by atoms with Crippen molar-refractivity contribution in [2.24, 2.45) is 0 Å². The van der Waals surface area contributed by atoms with Gasteiger partial charge in [-0.3, -0.25) is 4.79 Å². The van der Waals surface area contributed by atoms with E-state index in [-0.39, 0.29) is 5.91 Å². The fourth-order valence-electron chi connectivity index (χ4n) is 1.90. The monoisotopic (exact) mass is 348 g/mol. The highest BCUT2D eigenvalue weighted by Crippen LogP contribution is 2.26. The van der Waals surface area contributed by atoms with Crippen molar-refractivity contribution in [1.29, 1.82) is 0 Å². The molecule has 1 amide bonds. The molecule has 126 valence electrons. The number of benzene rings is 1. The molecule has 1 heterocycles. The maximum Gasteiger partial charge on any atom is 0.337 e. The molecule has 0 fully saturated rings. The van der Waals surface area contributed by atoms with Gasteiger partial charge in [-0.15, -0.1) is 10.2 Å². The molecule has 0 unspecified atom stereocenters. The van der Waals surface area contributed by atoms with E-state index in [4.69, 9.17) is 11.6 Å². The van der Waals surface area contributed by atoms with E-state index in [2.05, 4.69) is 25.6 Å². The quantitative estimate of drug-likeness (QED) is 0.777. The Bertz CT molecular complexity index is 735. The minimum absolute atomic E-state index is 0.110. The Morgan fingerprint density at radius 1 is 1.17 bits per heavy atom. The van der Waals surface area contributed by atoms with Crippen LogP contribution in [0, 0.1) is 0 Å². The van der Waals surface area contributed by atoms with Gasteiger partial charge in [0.05, 0.1) is 23.4 Å². The molecule has 0 spiro atoms. The highest BCUT2D eigenvalue weighted by Gasteiger charge is 2.10. The molecule has 1 aromatic carbocycles. The lowest BCUT2D eigenvalue weighted by molar-refractivity contribution is -0.116. The molecule has 0 bridgehead atoms. The van der Waals surface area contributed by atoms with Crippen LogP contribution >= 0.6 is 11.6 Å². The summed E-state index contributed by atoms with van der Waals surface area (Å²) in [7, 11) is 1.31. The summed E-state index contributed by atoms with van der Waals surface area (Å²) in [6, 6.07) is 7.99. The standard InChI is InChI=1S/C16H17ClN4O3/c1-3-4-15(22)19-14-8-7-13(20-21-14)18-12-9-10(16(23)24-2)5-6-11(12)17/h5-9H,3-4H2,1-2H3,(H,18,20)(H,19,21,22). The summed E-state index contributed by atoms with van der Waals surface area (Å²) in [4.78, 5) is 23.1. The molecular weight excluding hydrogens is 332 g/mol. The van der Waals surface area contributed by atoms with Gasteiger partial charge in [-0.25, -0.2) is 4.79 Å². The number of nitrogens with zero attached hydrogens (tertiary/aromatic N) is 2. The van der Waals surface area contributed by atoms with Crippen LogP contribution in [0.1, 0.15) is 30.1 Å². The van der Waals surface area contributed by atoms with Crippen LogP contribution in [0.4, 0.5) is 17.3 Å². The highest BCUT2D eigenvalue weighted by molar-refractivity contribution is 6.33. The second-order valence-corrected chi connectivity index (χ2v) is 5.32. The van der Waals surface area contributed by atoms with E-state index in [0.717, 1.165) is 6.42 Å². The van der Waals surface area contributed by atoms with Gasteiger partial charge >= 0.3 is 5.97 Å². The molecule has 0 aliphatic rings. The molecule has 8 heteroatoms. The van der Waals surface area contributed by atoms with Crippen molar-refractivity contribution >= 4 is 40.8 Å². The maximum atomic E-state index is 11.6. The molecule has 0 aliphatic carbocycles. The molecule has 2 rings (SSSR count). The Labute approximate surface area is 144 Å². The van der Waals surface area contributed by atoms with Gasteiger partial charge in [0.15, 0.2) is 11.6 Å². The summed E-state index contributed by atoms with van der Waals surface area (Å²) in [5.41, 5.74) is 0.859. The second kappa shape index (κ2) is 8.26. The molecule has 0 aliphatic heterocycles. The van der Waals surface area contributed by atoms with Crippen LogP contribution in [0.5, 0.6) is 0 Å². The summed E-state index contributed by atoms with van der Waals surface area (Å²) >= 11 is 6.11. The topological polar surface area (TPSA) is 93.2 Å². The highest BCUT2D eigenvalue weighted by atomic mass is 35.5. The average Bonchev–Trinajstić information content (AvgIpc) is 2.58. The summed E-state index contributed by atoms with van der Waals surface area (Å²) in [6.07, 6.45) is 1.19. The number of hydrogen-bond donors (Lipinski definition) is 2. The van der Waals surface area contributed by atoms with Gasteiger partial charge in [-0.05, 0) is 36.8 Å². The smallest absolute Gasteiger partial charge is 0.337 e. The zero-order valence-corrected chi connectivity index (χ0v) is 14.1. The number of esters is 1. The number of anilines is 3. The van der Waals surface area contributed by atoms with E-state index in [1.165, 1.54) is 7.11 Å². The third-order valence-corrected chi connectivity index (χ3v) is 3.39. The molecule has 24 heavy (non-hydrogen) atoms. The van der Waals surface area contributed by atoms with Gasteiger partial charge in [0.1, 0.15) is 0 Å². The van der Waals surface area contributed by atoms with Crippen LogP contribution in [0.3, 0.4) is 0 Å². The first-order valence-corrected chi connectivity index (χ1v) is 7.69. The number of halogens is 1. The first kappa shape index (κ1) is 17.7. The summed E-state index contributed by atoms with van der Waals surface area (Å²) in [5.74, 6) is 0.219. The van der Waals surface area contributed by atoms with Crippen molar-refractivity contribution in [3.63, 3.8) is 0 Å². The van der Waals surface area contributed by atoms with E-state index in [1.54, 1.807) is 30.3 Å². The number of ether oxygens (including phenoxy) is 1. The summed E-state index contributed by atoms with van der Waals surface area (Å²) in [5, 5.41) is 13.9. The number of hydrogen-bond acceptors (Lipinski definition) is 6. The second-order valence-electron chi connectivity index (χ2n) is 4.91. The SMILES string of the molecule is CCCC(=O)Nc1ccc(Nc2cc(C(=O)OC)ccc2Cl)nn1. The van der Waals surface area contributed by atoms with Gasteiger partial charge in [-0.2, -0.15) is 0 Å². The Hall–Kier alpha value is -2.67. The molecule has 2 N–H and O–H groups in total. The first-order chi connectivity index (χ1) is 11.5. The number of amides is 1. The number of rotatable bonds is 6. The molecule has 0 atom stereocenters. The van der Waals surface area contributed by atoms with Crippen molar-refractivity contribution in [3.05, 3.63) is 40.9 Å². The maximum absolute atomic E-state index is 11.6. The molecular formula is C16H17ClN4O3. The van der Waals surface area contributed by atoms with E-state index in [0.29, 0.717) is 34.3 Å². The normalized spacial score (nSPS) is 10.1. The van der Waals surface area contributed by atoms with E-state index in [1.807, 2.05) is 6.92 Å². The molecule has 0 saturated carbocycles. The Morgan fingerprint density at radius 3 is 2.50 bits per heavy atom. The van der Waals surface area contributed by atoms with E-state index < -0.39 is 5.97 Å². The fraction of sp³-hybridized carbons (Fsp3) is 0.250.